The van der Waals surface area contributed by atoms with Gasteiger partial charge in [0, 0.05) is 5.56 Å². The van der Waals surface area contributed by atoms with Crippen molar-refractivity contribution < 1.29 is 9.94 Å². The summed E-state index contributed by atoms with van der Waals surface area (Å²) in [5.41, 5.74) is 1.54. The summed E-state index contributed by atoms with van der Waals surface area (Å²) >= 11 is 5.71. The molecule has 0 radical (unpaired) electrons. The minimum absolute atomic E-state index is 0.0654. The Kier molecular flexibility index (Phi) is 3.14. The van der Waals surface area contributed by atoms with E-state index in [0.717, 1.165) is 5.56 Å². The zero-order chi connectivity index (χ0) is 9.84. The SMILES string of the molecule is CO/N=C(/C)c1ccc(O)c(Cl)c1. The lowest BCUT2D eigenvalue weighted by Crippen LogP contribution is -1.94. The number of aromatic hydroxyl groups is 1. The zero-order valence-electron chi connectivity index (χ0n) is 7.41. The summed E-state index contributed by atoms with van der Waals surface area (Å²) in [6.45, 7) is 1.80. The maximum atomic E-state index is 9.15. The van der Waals surface area contributed by atoms with Gasteiger partial charge in [0.05, 0.1) is 10.7 Å². The highest BCUT2D eigenvalue weighted by atomic mass is 35.5. The van der Waals surface area contributed by atoms with Crippen molar-refractivity contribution >= 4 is 17.3 Å². The highest BCUT2D eigenvalue weighted by molar-refractivity contribution is 6.32. The summed E-state index contributed by atoms with van der Waals surface area (Å²) in [6, 6.07) is 4.88. The van der Waals surface area contributed by atoms with Crippen molar-refractivity contribution in [2.24, 2.45) is 5.16 Å². The van der Waals surface area contributed by atoms with Gasteiger partial charge in [-0.3, -0.25) is 0 Å². The van der Waals surface area contributed by atoms with Crippen molar-refractivity contribution in [3.05, 3.63) is 28.8 Å². The van der Waals surface area contributed by atoms with E-state index in [0.29, 0.717) is 10.7 Å². The molecular weight excluding hydrogens is 190 g/mol. The van der Waals surface area contributed by atoms with Crippen LogP contribution in [0.4, 0.5) is 0 Å². The van der Waals surface area contributed by atoms with Gasteiger partial charge >= 0.3 is 0 Å². The van der Waals surface area contributed by atoms with Crippen molar-refractivity contribution in [2.75, 3.05) is 7.11 Å². The summed E-state index contributed by atoms with van der Waals surface area (Å²) in [5, 5.41) is 13.2. The average molecular weight is 200 g/mol. The number of halogens is 1. The van der Waals surface area contributed by atoms with Gasteiger partial charge in [-0.2, -0.15) is 0 Å². The van der Waals surface area contributed by atoms with Gasteiger partial charge in [0.1, 0.15) is 12.9 Å². The predicted octanol–water partition coefficient (Wildman–Crippen LogP) is 2.42. The number of phenols is 1. The topological polar surface area (TPSA) is 41.8 Å². The van der Waals surface area contributed by atoms with E-state index in [2.05, 4.69) is 9.99 Å². The molecule has 0 unspecified atom stereocenters. The van der Waals surface area contributed by atoms with Crippen LogP contribution in [-0.4, -0.2) is 17.9 Å². The number of hydrogen-bond donors (Lipinski definition) is 1. The van der Waals surface area contributed by atoms with Crippen LogP contribution in [0.25, 0.3) is 0 Å². The van der Waals surface area contributed by atoms with Crippen LogP contribution < -0.4 is 0 Å². The molecule has 0 saturated carbocycles. The molecule has 0 spiro atoms. The average Bonchev–Trinajstić information content (AvgIpc) is 2.10. The highest BCUT2D eigenvalue weighted by Gasteiger charge is 2.02. The van der Waals surface area contributed by atoms with Crippen LogP contribution in [0, 0.1) is 0 Å². The molecule has 0 aliphatic carbocycles. The van der Waals surface area contributed by atoms with E-state index in [4.69, 9.17) is 16.7 Å². The first kappa shape index (κ1) is 9.86. The normalized spacial score (nSPS) is 11.5. The minimum Gasteiger partial charge on any atom is -0.506 e. The molecule has 4 heteroatoms. The molecule has 1 N–H and O–H groups in total. The fourth-order valence-electron chi connectivity index (χ4n) is 0.922. The Bertz CT molecular complexity index is 336. The Morgan fingerprint density at radius 2 is 2.23 bits per heavy atom. The predicted molar refractivity (Wildman–Crippen MR) is 52.3 cm³/mol. The van der Waals surface area contributed by atoms with E-state index < -0.39 is 0 Å². The first-order chi connectivity index (χ1) is 6.15. The third-order valence-corrected chi connectivity index (χ3v) is 1.90. The van der Waals surface area contributed by atoms with Gasteiger partial charge in [-0.15, -0.1) is 0 Å². The molecule has 1 aromatic carbocycles. The zero-order valence-corrected chi connectivity index (χ0v) is 8.17. The monoisotopic (exact) mass is 199 g/mol. The lowest BCUT2D eigenvalue weighted by molar-refractivity contribution is 0.213. The lowest BCUT2D eigenvalue weighted by atomic mass is 10.1. The maximum Gasteiger partial charge on any atom is 0.134 e. The third kappa shape index (κ3) is 2.36. The molecule has 0 heterocycles. The van der Waals surface area contributed by atoms with E-state index in [-0.39, 0.29) is 5.75 Å². The molecule has 0 saturated heterocycles. The van der Waals surface area contributed by atoms with Gasteiger partial charge in [0.25, 0.3) is 0 Å². The van der Waals surface area contributed by atoms with Gasteiger partial charge in [0.15, 0.2) is 0 Å². The van der Waals surface area contributed by atoms with Crippen LogP contribution in [0.1, 0.15) is 12.5 Å². The van der Waals surface area contributed by atoms with Crippen LogP contribution in [0.2, 0.25) is 5.02 Å². The van der Waals surface area contributed by atoms with Crippen molar-refractivity contribution in [1.82, 2.24) is 0 Å². The Labute approximate surface area is 81.6 Å². The van der Waals surface area contributed by atoms with Gasteiger partial charge in [-0.05, 0) is 25.1 Å². The number of hydrogen-bond acceptors (Lipinski definition) is 3. The van der Waals surface area contributed by atoms with Crippen LogP contribution in [0.15, 0.2) is 23.4 Å². The molecule has 0 amide bonds. The lowest BCUT2D eigenvalue weighted by Gasteiger charge is -2.01. The summed E-state index contributed by atoms with van der Waals surface area (Å²) in [7, 11) is 1.48. The Balaban J connectivity index is 3.04. The second kappa shape index (κ2) is 4.14. The number of nitrogens with zero attached hydrogens (tertiary/aromatic N) is 1. The molecule has 13 heavy (non-hydrogen) atoms. The molecule has 0 atom stereocenters. The number of rotatable bonds is 2. The second-order valence-corrected chi connectivity index (χ2v) is 2.93. The van der Waals surface area contributed by atoms with Gasteiger partial charge in [-0.1, -0.05) is 16.8 Å². The van der Waals surface area contributed by atoms with Crippen molar-refractivity contribution in [1.29, 1.82) is 0 Å². The fraction of sp³-hybridized carbons (Fsp3) is 0.222. The van der Waals surface area contributed by atoms with E-state index in [9.17, 15) is 0 Å². The molecule has 3 nitrogen and oxygen atoms in total. The van der Waals surface area contributed by atoms with E-state index >= 15 is 0 Å². The maximum absolute atomic E-state index is 9.15. The summed E-state index contributed by atoms with van der Waals surface area (Å²) < 4.78 is 0. The van der Waals surface area contributed by atoms with Crippen LogP contribution in [0.3, 0.4) is 0 Å². The van der Waals surface area contributed by atoms with Gasteiger partial charge in [-0.25, -0.2) is 0 Å². The first-order valence-electron chi connectivity index (χ1n) is 3.72. The smallest absolute Gasteiger partial charge is 0.134 e. The van der Waals surface area contributed by atoms with E-state index in [1.165, 1.54) is 13.2 Å². The van der Waals surface area contributed by atoms with Crippen molar-refractivity contribution in [3.8, 4) is 5.75 Å². The highest BCUT2D eigenvalue weighted by Crippen LogP contribution is 2.23. The molecule has 0 bridgehead atoms. The largest absolute Gasteiger partial charge is 0.506 e. The van der Waals surface area contributed by atoms with Crippen LogP contribution in [0.5, 0.6) is 5.75 Å². The molecule has 70 valence electrons. The first-order valence-corrected chi connectivity index (χ1v) is 4.09. The molecule has 0 aromatic heterocycles. The molecule has 0 aliphatic heterocycles. The minimum atomic E-state index is 0.0654. The van der Waals surface area contributed by atoms with Crippen molar-refractivity contribution in [2.45, 2.75) is 6.92 Å². The number of phenolic OH excluding ortho intramolecular Hbond substituents is 1. The molecule has 0 aliphatic rings. The van der Waals surface area contributed by atoms with Gasteiger partial charge in [0.2, 0.25) is 0 Å². The van der Waals surface area contributed by atoms with Crippen molar-refractivity contribution in [3.63, 3.8) is 0 Å². The van der Waals surface area contributed by atoms with Gasteiger partial charge < -0.3 is 9.94 Å². The third-order valence-electron chi connectivity index (χ3n) is 1.59. The standard InChI is InChI=1S/C9H10ClNO2/c1-6(11-13-2)7-3-4-9(12)8(10)5-7/h3-5,12H,1-2H3/b11-6-. The Hall–Kier alpha value is -1.22. The quantitative estimate of drug-likeness (QED) is 0.587. The Morgan fingerprint density at radius 1 is 1.54 bits per heavy atom. The number of benzene rings is 1. The fourth-order valence-corrected chi connectivity index (χ4v) is 1.10. The molecule has 1 rings (SSSR count). The van der Waals surface area contributed by atoms with E-state index in [1.54, 1.807) is 19.1 Å². The van der Waals surface area contributed by atoms with Crippen LogP contribution >= 0.6 is 11.6 Å². The molecule has 0 fully saturated rings. The molecule has 1 aromatic rings. The van der Waals surface area contributed by atoms with Crippen LogP contribution in [-0.2, 0) is 4.84 Å². The second-order valence-electron chi connectivity index (χ2n) is 2.53. The Morgan fingerprint density at radius 3 is 2.77 bits per heavy atom. The molecular formula is C9H10ClNO2. The summed E-state index contributed by atoms with van der Waals surface area (Å²) in [4.78, 5) is 4.61. The summed E-state index contributed by atoms with van der Waals surface area (Å²) in [5.74, 6) is 0.0654. The summed E-state index contributed by atoms with van der Waals surface area (Å²) in [6.07, 6.45) is 0. The van der Waals surface area contributed by atoms with E-state index in [1.807, 2.05) is 0 Å². The number of oxime groups is 1.